The van der Waals surface area contributed by atoms with E-state index in [9.17, 15) is 8.78 Å². The molecule has 104 valence electrons. The van der Waals surface area contributed by atoms with Gasteiger partial charge < -0.3 is 4.74 Å². The van der Waals surface area contributed by atoms with Crippen molar-refractivity contribution in [3.05, 3.63) is 41.7 Å². The summed E-state index contributed by atoms with van der Waals surface area (Å²) in [4.78, 5) is 0. The van der Waals surface area contributed by atoms with Gasteiger partial charge in [-0.1, -0.05) is 18.2 Å². The standard InChI is InChI=1S/C16H20F2O/c1-2-3-12-4-6-13(7-5-12)14-8-9-16(19-11-17)15(18)10-14/h2-3,8-10,12-13H,4-7,11H2,1H3/b3-2+. The fourth-order valence-electron chi connectivity index (χ4n) is 2.86. The molecule has 1 aliphatic rings. The summed E-state index contributed by atoms with van der Waals surface area (Å²) in [6, 6.07) is 4.88. The van der Waals surface area contributed by atoms with Crippen LogP contribution in [0.15, 0.2) is 30.4 Å². The summed E-state index contributed by atoms with van der Waals surface area (Å²) in [5.74, 6) is 0.607. The van der Waals surface area contributed by atoms with Gasteiger partial charge in [0.2, 0.25) is 6.86 Å². The lowest BCUT2D eigenvalue weighted by Gasteiger charge is -2.27. The van der Waals surface area contributed by atoms with E-state index in [4.69, 9.17) is 0 Å². The normalized spacial score (nSPS) is 23.7. The van der Waals surface area contributed by atoms with Crippen LogP contribution in [0.2, 0.25) is 0 Å². The smallest absolute Gasteiger partial charge is 0.228 e. The molecule has 3 heteroatoms. The third kappa shape index (κ3) is 3.55. The second kappa shape index (κ2) is 6.69. The van der Waals surface area contributed by atoms with Gasteiger partial charge in [0.15, 0.2) is 11.6 Å². The van der Waals surface area contributed by atoms with Crippen LogP contribution in [0.5, 0.6) is 5.75 Å². The van der Waals surface area contributed by atoms with Gasteiger partial charge in [-0.2, -0.15) is 0 Å². The second-order valence-electron chi connectivity index (χ2n) is 5.08. The van der Waals surface area contributed by atoms with Crippen molar-refractivity contribution in [2.24, 2.45) is 5.92 Å². The third-order valence-corrected chi connectivity index (χ3v) is 3.87. The van der Waals surface area contributed by atoms with Crippen molar-refractivity contribution in [1.29, 1.82) is 0 Å². The first-order valence-corrected chi connectivity index (χ1v) is 6.85. The lowest BCUT2D eigenvalue weighted by Crippen LogP contribution is -2.12. The predicted octanol–water partition coefficient (Wildman–Crippen LogP) is 4.98. The summed E-state index contributed by atoms with van der Waals surface area (Å²) in [5, 5.41) is 0. The number of alkyl halides is 1. The molecule has 0 heterocycles. The Morgan fingerprint density at radius 1 is 1.26 bits per heavy atom. The molecule has 0 radical (unpaired) electrons. The molecule has 1 aliphatic carbocycles. The van der Waals surface area contributed by atoms with Crippen molar-refractivity contribution in [3.63, 3.8) is 0 Å². The first-order chi connectivity index (χ1) is 9.24. The Balaban J connectivity index is 2.01. The van der Waals surface area contributed by atoms with E-state index in [1.807, 2.05) is 13.0 Å². The van der Waals surface area contributed by atoms with E-state index in [-0.39, 0.29) is 5.75 Å². The highest BCUT2D eigenvalue weighted by molar-refractivity contribution is 5.31. The van der Waals surface area contributed by atoms with Crippen molar-refractivity contribution in [2.75, 3.05) is 6.86 Å². The zero-order valence-electron chi connectivity index (χ0n) is 11.2. The van der Waals surface area contributed by atoms with E-state index in [0.717, 1.165) is 31.2 Å². The first kappa shape index (κ1) is 14.0. The van der Waals surface area contributed by atoms with Crippen molar-refractivity contribution in [3.8, 4) is 5.75 Å². The summed E-state index contributed by atoms with van der Waals surface area (Å²) in [6.07, 6.45) is 8.83. The lowest BCUT2D eigenvalue weighted by molar-refractivity contribution is 0.184. The van der Waals surface area contributed by atoms with Crippen LogP contribution in [-0.2, 0) is 0 Å². The Morgan fingerprint density at radius 2 is 2.00 bits per heavy atom. The summed E-state index contributed by atoms with van der Waals surface area (Å²) >= 11 is 0. The Labute approximate surface area is 113 Å². The molecule has 1 aromatic rings. The largest absolute Gasteiger partial charge is 0.460 e. The molecule has 1 saturated carbocycles. The maximum absolute atomic E-state index is 13.7. The summed E-state index contributed by atoms with van der Waals surface area (Å²) in [5.41, 5.74) is 1.00. The molecule has 2 rings (SSSR count). The molecule has 0 unspecified atom stereocenters. The van der Waals surface area contributed by atoms with E-state index >= 15 is 0 Å². The number of allylic oxidation sites excluding steroid dienone is 2. The predicted molar refractivity (Wildman–Crippen MR) is 72.5 cm³/mol. The van der Waals surface area contributed by atoms with E-state index < -0.39 is 12.7 Å². The highest BCUT2D eigenvalue weighted by Crippen LogP contribution is 2.37. The van der Waals surface area contributed by atoms with Gasteiger partial charge in [0, 0.05) is 0 Å². The van der Waals surface area contributed by atoms with Gasteiger partial charge >= 0.3 is 0 Å². The van der Waals surface area contributed by atoms with Crippen LogP contribution < -0.4 is 4.74 Å². The van der Waals surface area contributed by atoms with Crippen molar-refractivity contribution < 1.29 is 13.5 Å². The topological polar surface area (TPSA) is 9.23 Å². The van der Waals surface area contributed by atoms with Crippen LogP contribution >= 0.6 is 0 Å². The van der Waals surface area contributed by atoms with Gasteiger partial charge in [-0.25, -0.2) is 8.78 Å². The summed E-state index contributed by atoms with van der Waals surface area (Å²) < 4.78 is 30.3. The molecular weight excluding hydrogens is 246 g/mol. The molecule has 0 amide bonds. The number of hydrogen-bond donors (Lipinski definition) is 0. The van der Waals surface area contributed by atoms with E-state index in [1.54, 1.807) is 0 Å². The molecule has 1 nitrogen and oxygen atoms in total. The van der Waals surface area contributed by atoms with Crippen molar-refractivity contribution in [2.45, 2.75) is 38.5 Å². The Kier molecular flexibility index (Phi) is 4.94. The fraction of sp³-hybridized carbons (Fsp3) is 0.500. The monoisotopic (exact) mass is 266 g/mol. The van der Waals surface area contributed by atoms with Crippen LogP contribution in [0.4, 0.5) is 8.78 Å². The summed E-state index contributed by atoms with van der Waals surface area (Å²) in [6.45, 7) is 1.05. The van der Waals surface area contributed by atoms with E-state index in [0.29, 0.717) is 11.8 Å². The van der Waals surface area contributed by atoms with Gasteiger partial charge in [0.05, 0.1) is 0 Å². The third-order valence-electron chi connectivity index (χ3n) is 3.87. The number of ether oxygens (including phenoxy) is 1. The Hall–Kier alpha value is -1.38. The number of hydrogen-bond acceptors (Lipinski definition) is 1. The maximum atomic E-state index is 13.7. The lowest BCUT2D eigenvalue weighted by atomic mass is 9.78. The highest BCUT2D eigenvalue weighted by atomic mass is 19.1. The molecule has 0 saturated heterocycles. The molecule has 0 spiro atoms. The zero-order chi connectivity index (χ0) is 13.7. The molecule has 0 atom stereocenters. The van der Waals surface area contributed by atoms with Gasteiger partial charge in [-0.05, 0) is 62.1 Å². The van der Waals surface area contributed by atoms with E-state index in [2.05, 4.69) is 16.9 Å². The van der Waals surface area contributed by atoms with Gasteiger partial charge in [-0.15, -0.1) is 0 Å². The van der Waals surface area contributed by atoms with Crippen molar-refractivity contribution in [1.82, 2.24) is 0 Å². The van der Waals surface area contributed by atoms with E-state index in [1.165, 1.54) is 12.1 Å². The minimum atomic E-state index is -0.995. The van der Waals surface area contributed by atoms with Crippen LogP contribution in [0.3, 0.4) is 0 Å². The Morgan fingerprint density at radius 3 is 2.58 bits per heavy atom. The SMILES string of the molecule is C/C=C/C1CCC(c2ccc(OCF)c(F)c2)CC1. The van der Waals surface area contributed by atoms with Gasteiger partial charge in [-0.3, -0.25) is 0 Å². The highest BCUT2D eigenvalue weighted by Gasteiger charge is 2.21. The van der Waals surface area contributed by atoms with Gasteiger partial charge in [0.1, 0.15) is 0 Å². The molecule has 0 aromatic heterocycles. The first-order valence-electron chi connectivity index (χ1n) is 6.85. The molecular formula is C16H20F2O. The molecule has 1 fully saturated rings. The average Bonchev–Trinajstić information content (AvgIpc) is 2.43. The average molecular weight is 266 g/mol. The number of halogens is 2. The Bertz CT molecular complexity index is 434. The molecule has 19 heavy (non-hydrogen) atoms. The van der Waals surface area contributed by atoms with Crippen LogP contribution in [0.1, 0.15) is 44.1 Å². The van der Waals surface area contributed by atoms with Gasteiger partial charge in [0.25, 0.3) is 0 Å². The molecule has 0 N–H and O–H groups in total. The van der Waals surface area contributed by atoms with Crippen LogP contribution in [0.25, 0.3) is 0 Å². The van der Waals surface area contributed by atoms with Crippen LogP contribution in [0, 0.1) is 11.7 Å². The minimum absolute atomic E-state index is 0.00569. The number of rotatable bonds is 4. The minimum Gasteiger partial charge on any atom is -0.460 e. The molecule has 0 aliphatic heterocycles. The number of benzene rings is 1. The quantitative estimate of drug-likeness (QED) is 0.698. The molecule has 1 aromatic carbocycles. The van der Waals surface area contributed by atoms with Crippen LogP contribution in [-0.4, -0.2) is 6.86 Å². The fourth-order valence-corrected chi connectivity index (χ4v) is 2.86. The summed E-state index contributed by atoms with van der Waals surface area (Å²) in [7, 11) is 0. The zero-order valence-corrected chi connectivity index (χ0v) is 11.2. The maximum Gasteiger partial charge on any atom is 0.228 e. The second-order valence-corrected chi connectivity index (χ2v) is 5.08. The molecule has 0 bridgehead atoms. The van der Waals surface area contributed by atoms with Crippen molar-refractivity contribution >= 4 is 0 Å².